The van der Waals surface area contributed by atoms with E-state index in [0.29, 0.717) is 0 Å². The van der Waals surface area contributed by atoms with Crippen molar-refractivity contribution >= 4 is 39.9 Å². The molecule has 0 saturated carbocycles. The predicted octanol–water partition coefficient (Wildman–Crippen LogP) is 3.69. The van der Waals surface area contributed by atoms with Crippen LogP contribution in [0.15, 0.2) is 22.5 Å². The zero-order valence-corrected chi connectivity index (χ0v) is 14.3. The van der Waals surface area contributed by atoms with Gasteiger partial charge in [0.1, 0.15) is 11.4 Å². The van der Waals surface area contributed by atoms with Gasteiger partial charge in [-0.1, -0.05) is 40.8 Å². The first-order chi connectivity index (χ1) is 10.5. The minimum Gasteiger partial charge on any atom is -0.462 e. The fourth-order valence-corrected chi connectivity index (χ4v) is 4.43. The van der Waals surface area contributed by atoms with Crippen LogP contribution >= 0.6 is 23.1 Å². The minimum absolute atomic E-state index is 0.00859. The van der Waals surface area contributed by atoms with Crippen LogP contribution in [0, 0.1) is 13.8 Å². The lowest BCUT2D eigenvalue weighted by Gasteiger charge is -2.06. The van der Waals surface area contributed by atoms with Crippen LogP contribution in [0.5, 0.6) is 0 Å². The van der Waals surface area contributed by atoms with E-state index in [1.165, 1.54) is 28.7 Å². The van der Waals surface area contributed by atoms with Crippen LogP contribution in [0.2, 0.25) is 0 Å². The minimum atomic E-state index is -0.170. The molecule has 2 heterocycles. The molecule has 116 valence electrons. The molecule has 0 aliphatic carbocycles. The van der Waals surface area contributed by atoms with E-state index in [9.17, 15) is 4.79 Å². The van der Waals surface area contributed by atoms with Gasteiger partial charge >= 0.3 is 5.97 Å². The van der Waals surface area contributed by atoms with Gasteiger partial charge in [-0.25, -0.2) is 0 Å². The number of benzene rings is 1. The molecular weight excluding hydrogens is 318 g/mol. The molecule has 3 rings (SSSR count). The third-order valence-corrected chi connectivity index (χ3v) is 5.52. The molecule has 7 heteroatoms. The molecule has 0 unspecified atom stereocenters. The Morgan fingerprint density at radius 1 is 1.36 bits per heavy atom. The summed E-state index contributed by atoms with van der Waals surface area (Å²) in [6.45, 7) is 6.03. The van der Waals surface area contributed by atoms with Gasteiger partial charge in [0.2, 0.25) is 5.13 Å². The van der Waals surface area contributed by atoms with Gasteiger partial charge in [-0.15, -0.1) is 10.2 Å². The molecule has 2 atom stereocenters. The van der Waals surface area contributed by atoms with Gasteiger partial charge in [0, 0.05) is 12.1 Å². The topological polar surface area (TPSA) is 64.1 Å². The Kier molecular flexibility index (Phi) is 4.35. The molecule has 22 heavy (non-hydrogen) atoms. The highest BCUT2D eigenvalue weighted by Gasteiger charge is 2.33. The van der Waals surface area contributed by atoms with E-state index < -0.39 is 0 Å². The van der Waals surface area contributed by atoms with Crippen molar-refractivity contribution in [3.63, 3.8) is 0 Å². The maximum absolute atomic E-state index is 11.7. The number of esters is 1. The number of hydrogen-bond acceptors (Lipinski definition) is 7. The van der Waals surface area contributed by atoms with E-state index in [0.717, 1.165) is 27.1 Å². The molecule has 0 radical (unpaired) electrons. The quantitative estimate of drug-likeness (QED) is 0.860. The second-order valence-electron chi connectivity index (χ2n) is 5.41. The summed E-state index contributed by atoms with van der Waals surface area (Å²) in [5, 5.41) is 12.1. The lowest BCUT2D eigenvalue weighted by molar-refractivity contribution is -0.140. The van der Waals surface area contributed by atoms with Crippen LogP contribution in [-0.2, 0) is 9.53 Å². The number of carbonyl (C=O) groups is 1. The number of rotatable bonds is 4. The summed E-state index contributed by atoms with van der Waals surface area (Å²) in [6, 6.07) is 6.21. The van der Waals surface area contributed by atoms with Gasteiger partial charge in [-0.05, 0) is 32.4 Å². The summed E-state index contributed by atoms with van der Waals surface area (Å²) < 4.78 is 5.94. The molecule has 0 amide bonds. The van der Waals surface area contributed by atoms with Crippen molar-refractivity contribution in [1.82, 2.24) is 10.2 Å². The first kappa shape index (κ1) is 15.3. The van der Waals surface area contributed by atoms with E-state index in [-0.39, 0.29) is 17.3 Å². The summed E-state index contributed by atoms with van der Waals surface area (Å²) >= 11 is 2.88. The molecule has 0 bridgehead atoms. The molecule has 2 aromatic rings. The van der Waals surface area contributed by atoms with Gasteiger partial charge in [0.25, 0.3) is 0 Å². The number of carbonyl (C=O) groups excluding carboxylic acids is 1. The van der Waals surface area contributed by atoms with Crippen LogP contribution in [0.1, 0.15) is 24.5 Å². The maximum Gasteiger partial charge on any atom is 0.319 e. The van der Waals surface area contributed by atoms with Crippen LogP contribution in [-0.4, -0.2) is 27.5 Å². The predicted molar refractivity (Wildman–Crippen MR) is 88.9 cm³/mol. The monoisotopic (exact) mass is 335 g/mol. The highest BCUT2D eigenvalue weighted by atomic mass is 32.2. The normalized spacial score (nSPS) is 21.0. The van der Waals surface area contributed by atoms with E-state index in [2.05, 4.69) is 41.5 Å². The van der Waals surface area contributed by atoms with Gasteiger partial charge in [0.15, 0.2) is 4.34 Å². The second-order valence-corrected chi connectivity index (χ2v) is 7.83. The second kappa shape index (κ2) is 6.26. The molecule has 1 aromatic heterocycles. The number of thioether (sulfide) groups is 1. The Hall–Kier alpha value is -1.60. The van der Waals surface area contributed by atoms with Crippen molar-refractivity contribution in [2.45, 2.75) is 42.9 Å². The van der Waals surface area contributed by atoms with Crippen LogP contribution in [0.3, 0.4) is 0 Å². The van der Waals surface area contributed by atoms with Gasteiger partial charge in [-0.2, -0.15) is 0 Å². The average Bonchev–Trinajstić information content (AvgIpc) is 3.00. The molecule has 1 N–H and O–H groups in total. The zero-order chi connectivity index (χ0) is 15.7. The molecular formula is C15H17N3O2S2. The summed E-state index contributed by atoms with van der Waals surface area (Å²) in [5.41, 5.74) is 3.41. The first-order valence-electron chi connectivity index (χ1n) is 7.06. The summed E-state index contributed by atoms with van der Waals surface area (Å²) in [6.07, 6.45) is 0.717. The lowest BCUT2D eigenvalue weighted by Crippen LogP contribution is -2.08. The lowest BCUT2D eigenvalue weighted by atomic mass is 10.1. The van der Waals surface area contributed by atoms with Crippen LogP contribution in [0.4, 0.5) is 10.8 Å². The molecule has 1 aromatic carbocycles. The van der Waals surface area contributed by atoms with Crippen LogP contribution in [0.25, 0.3) is 0 Å². The Bertz CT molecular complexity index is 702. The fourth-order valence-electron chi connectivity index (χ4n) is 2.31. The van der Waals surface area contributed by atoms with E-state index in [4.69, 9.17) is 4.74 Å². The molecule has 1 aliphatic rings. The average molecular weight is 335 g/mol. The molecule has 5 nitrogen and oxygen atoms in total. The Balaban J connectivity index is 1.67. The van der Waals surface area contributed by atoms with Crippen molar-refractivity contribution in [1.29, 1.82) is 0 Å². The van der Waals surface area contributed by atoms with Crippen molar-refractivity contribution in [3.8, 4) is 0 Å². The van der Waals surface area contributed by atoms with Crippen molar-refractivity contribution in [2.75, 3.05) is 5.32 Å². The molecule has 1 aliphatic heterocycles. The number of aryl methyl sites for hydroxylation is 2. The van der Waals surface area contributed by atoms with Crippen molar-refractivity contribution < 1.29 is 9.53 Å². The summed E-state index contributed by atoms with van der Waals surface area (Å²) in [7, 11) is 0. The SMILES string of the molecule is Cc1ccc(Nc2nnc(S[C@@H]3C[C@@H](C)OC3=O)s2)c(C)c1. The largest absolute Gasteiger partial charge is 0.462 e. The molecule has 0 spiro atoms. The summed E-state index contributed by atoms with van der Waals surface area (Å²) in [5.74, 6) is -0.156. The van der Waals surface area contributed by atoms with Gasteiger partial charge in [-0.3, -0.25) is 4.79 Å². The van der Waals surface area contributed by atoms with Gasteiger partial charge in [0.05, 0.1) is 0 Å². The van der Waals surface area contributed by atoms with Crippen molar-refractivity contribution in [3.05, 3.63) is 29.3 Å². The molecule has 1 fully saturated rings. The number of nitrogens with one attached hydrogen (secondary N) is 1. The standard InChI is InChI=1S/C15H17N3O2S2/c1-8-4-5-11(9(2)6-8)16-14-17-18-15(22-14)21-12-7-10(3)20-13(12)19/h4-6,10,12H,7H2,1-3H3,(H,16,17)/t10-,12-/m1/s1. The summed E-state index contributed by atoms with van der Waals surface area (Å²) in [4.78, 5) is 11.7. The van der Waals surface area contributed by atoms with Crippen molar-refractivity contribution in [2.24, 2.45) is 0 Å². The van der Waals surface area contributed by atoms with Crippen LogP contribution < -0.4 is 5.32 Å². The Morgan fingerprint density at radius 2 is 2.18 bits per heavy atom. The number of aromatic nitrogens is 2. The van der Waals surface area contributed by atoms with E-state index in [1.54, 1.807) is 0 Å². The highest BCUT2D eigenvalue weighted by Crippen LogP contribution is 2.35. The third kappa shape index (κ3) is 3.41. The Morgan fingerprint density at radius 3 is 2.86 bits per heavy atom. The van der Waals surface area contributed by atoms with E-state index >= 15 is 0 Å². The fraction of sp³-hybridized carbons (Fsp3) is 0.400. The number of hydrogen-bond donors (Lipinski definition) is 1. The first-order valence-corrected chi connectivity index (χ1v) is 8.76. The molecule has 1 saturated heterocycles. The van der Waals surface area contributed by atoms with E-state index in [1.807, 2.05) is 13.0 Å². The Labute approximate surface area is 137 Å². The number of anilines is 2. The zero-order valence-electron chi connectivity index (χ0n) is 12.6. The number of nitrogens with zero attached hydrogens (tertiary/aromatic N) is 2. The number of cyclic esters (lactones) is 1. The maximum atomic E-state index is 11.7. The smallest absolute Gasteiger partial charge is 0.319 e. The highest BCUT2D eigenvalue weighted by molar-refractivity contribution is 8.02. The third-order valence-electron chi connectivity index (χ3n) is 3.40. The van der Waals surface area contributed by atoms with Gasteiger partial charge < -0.3 is 10.1 Å². The number of ether oxygens (including phenoxy) is 1.